The number of carbonyl (C=O) groups is 1. The monoisotopic (exact) mass is 314 g/mol. The second-order valence-electron chi connectivity index (χ2n) is 6.77. The van der Waals surface area contributed by atoms with Crippen molar-refractivity contribution in [1.82, 2.24) is 0 Å². The summed E-state index contributed by atoms with van der Waals surface area (Å²) in [5.41, 5.74) is 0. The summed E-state index contributed by atoms with van der Waals surface area (Å²) in [6.07, 6.45) is 7.90. The van der Waals surface area contributed by atoms with Crippen LogP contribution in [0.4, 0.5) is 0 Å². The highest BCUT2D eigenvalue weighted by Crippen LogP contribution is 2.18. The molecule has 1 saturated heterocycles. The summed E-state index contributed by atoms with van der Waals surface area (Å²) in [5.74, 6) is 0.761. The Bertz CT molecular complexity index is 285. The largest absolute Gasteiger partial charge is 0.465 e. The maximum Gasteiger partial charge on any atom is 0.305 e. The van der Waals surface area contributed by atoms with Crippen molar-refractivity contribution in [2.45, 2.75) is 78.4 Å². The van der Waals surface area contributed by atoms with E-state index in [2.05, 4.69) is 20.8 Å². The van der Waals surface area contributed by atoms with Crippen molar-refractivity contribution >= 4 is 5.97 Å². The van der Waals surface area contributed by atoms with Crippen molar-refractivity contribution in [2.24, 2.45) is 11.8 Å². The van der Waals surface area contributed by atoms with Gasteiger partial charge >= 0.3 is 5.97 Å². The molecule has 0 aromatic carbocycles. The Morgan fingerprint density at radius 2 is 2.05 bits per heavy atom. The topological polar surface area (TPSA) is 44.8 Å². The van der Waals surface area contributed by atoms with Crippen LogP contribution in [0, 0.1) is 11.8 Å². The average molecular weight is 314 g/mol. The van der Waals surface area contributed by atoms with Gasteiger partial charge in [0.05, 0.1) is 13.2 Å². The standard InChI is InChI=1S/C18H34O4/c1-4-5-6-9-17(19)21-13-16(12-15(2)3)14-22-18-10-7-8-11-20-18/h15-16,18H,4-14H2,1-3H3. The minimum Gasteiger partial charge on any atom is -0.465 e. The average Bonchev–Trinajstić information content (AvgIpc) is 2.51. The number of carbonyl (C=O) groups excluding carboxylic acids is 1. The van der Waals surface area contributed by atoms with E-state index in [1.807, 2.05) is 0 Å². The summed E-state index contributed by atoms with van der Waals surface area (Å²) < 4.78 is 16.9. The molecule has 2 atom stereocenters. The number of hydrogen-bond donors (Lipinski definition) is 0. The number of unbranched alkanes of at least 4 members (excludes halogenated alkanes) is 2. The Labute approximate surface area is 135 Å². The fourth-order valence-electron chi connectivity index (χ4n) is 2.74. The molecular weight excluding hydrogens is 280 g/mol. The number of hydrogen-bond acceptors (Lipinski definition) is 4. The van der Waals surface area contributed by atoms with Gasteiger partial charge in [0.2, 0.25) is 0 Å². The summed E-state index contributed by atoms with van der Waals surface area (Å²) in [6, 6.07) is 0. The summed E-state index contributed by atoms with van der Waals surface area (Å²) >= 11 is 0. The molecule has 0 aromatic heterocycles. The predicted molar refractivity (Wildman–Crippen MR) is 87.6 cm³/mol. The molecule has 1 fully saturated rings. The van der Waals surface area contributed by atoms with E-state index in [1.54, 1.807) is 0 Å². The van der Waals surface area contributed by atoms with E-state index in [-0.39, 0.29) is 18.2 Å². The van der Waals surface area contributed by atoms with E-state index < -0.39 is 0 Å². The van der Waals surface area contributed by atoms with Gasteiger partial charge in [0.15, 0.2) is 6.29 Å². The van der Waals surface area contributed by atoms with Crippen LogP contribution in [-0.4, -0.2) is 32.1 Å². The number of rotatable bonds is 11. The second kappa shape index (κ2) is 11.9. The van der Waals surface area contributed by atoms with Gasteiger partial charge in [0.25, 0.3) is 0 Å². The van der Waals surface area contributed by atoms with Gasteiger partial charge in [-0.3, -0.25) is 4.79 Å². The number of ether oxygens (including phenoxy) is 3. The molecule has 0 amide bonds. The smallest absolute Gasteiger partial charge is 0.305 e. The molecule has 0 saturated carbocycles. The van der Waals surface area contributed by atoms with Crippen molar-refractivity contribution in [3.8, 4) is 0 Å². The van der Waals surface area contributed by atoms with Gasteiger partial charge < -0.3 is 14.2 Å². The highest BCUT2D eigenvalue weighted by atomic mass is 16.7. The van der Waals surface area contributed by atoms with Crippen LogP contribution in [0.25, 0.3) is 0 Å². The molecule has 0 bridgehead atoms. The molecule has 0 aliphatic carbocycles. The first kappa shape index (κ1) is 19.4. The summed E-state index contributed by atoms with van der Waals surface area (Å²) in [4.78, 5) is 11.7. The quantitative estimate of drug-likeness (QED) is 0.421. The molecular formula is C18H34O4. The van der Waals surface area contributed by atoms with Gasteiger partial charge in [-0.15, -0.1) is 0 Å². The first-order chi connectivity index (χ1) is 10.6. The third kappa shape index (κ3) is 9.42. The fraction of sp³-hybridized carbons (Fsp3) is 0.944. The van der Waals surface area contributed by atoms with Gasteiger partial charge in [0.1, 0.15) is 0 Å². The van der Waals surface area contributed by atoms with Gasteiger partial charge in [0, 0.05) is 18.9 Å². The van der Waals surface area contributed by atoms with Crippen LogP contribution in [-0.2, 0) is 19.0 Å². The molecule has 0 N–H and O–H groups in total. The first-order valence-electron chi connectivity index (χ1n) is 9.00. The Balaban J connectivity index is 2.25. The Kier molecular flexibility index (Phi) is 10.5. The summed E-state index contributed by atoms with van der Waals surface area (Å²) in [6.45, 7) is 8.39. The lowest BCUT2D eigenvalue weighted by Crippen LogP contribution is -2.27. The molecule has 0 radical (unpaired) electrons. The molecule has 4 heteroatoms. The number of esters is 1. The molecule has 1 aliphatic rings. The van der Waals surface area contributed by atoms with Crippen molar-refractivity contribution in [3.05, 3.63) is 0 Å². The minimum absolute atomic E-state index is 0.0660. The Morgan fingerprint density at radius 3 is 2.68 bits per heavy atom. The van der Waals surface area contributed by atoms with E-state index in [9.17, 15) is 4.79 Å². The highest BCUT2D eigenvalue weighted by Gasteiger charge is 2.19. The van der Waals surface area contributed by atoms with Gasteiger partial charge in [-0.2, -0.15) is 0 Å². The van der Waals surface area contributed by atoms with Crippen molar-refractivity contribution in [1.29, 1.82) is 0 Å². The van der Waals surface area contributed by atoms with E-state index in [1.165, 1.54) is 6.42 Å². The molecule has 1 rings (SSSR count). The summed E-state index contributed by atoms with van der Waals surface area (Å²) in [7, 11) is 0. The third-order valence-electron chi connectivity index (χ3n) is 3.92. The Hall–Kier alpha value is -0.610. The molecule has 4 nitrogen and oxygen atoms in total. The molecule has 1 aliphatic heterocycles. The lowest BCUT2D eigenvalue weighted by atomic mass is 9.98. The van der Waals surface area contributed by atoms with E-state index in [0.717, 1.165) is 45.1 Å². The third-order valence-corrected chi connectivity index (χ3v) is 3.92. The van der Waals surface area contributed by atoms with Crippen LogP contribution < -0.4 is 0 Å². The predicted octanol–water partition coefficient (Wildman–Crippen LogP) is 4.32. The van der Waals surface area contributed by atoms with Crippen LogP contribution in [0.2, 0.25) is 0 Å². The zero-order chi connectivity index (χ0) is 16.2. The van der Waals surface area contributed by atoms with Crippen molar-refractivity contribution in [2.75, 3.05) is 19.8 Å². The first-order valence-corrected chi connectivity index (χ1v) is 9.00. The van der Waals surface area contributed by atoms with Crippen LogP contribution in [0.1, 0.15) is 72.1 Å². The lowest BCUT2D eigenvalue weighted by molar-refractivity contribution is -0.174. The molecule has 1 heterocycles. The van der Waals surface area contributed by atoms with Crippen LogP contribution in [0.3, 0.4) is 0 Å². The van der Waals surface area contributed by atoms with Crippen molar-refractivity contribution in [3.63, 3.8) is 0 Å². The molecule has 22 heavy (non-hydrogen) atoms. The SMILES string of the molecule is CCCCCC(=O)OCC(COC1CCCCO1)CC(C)C. The van der Waals surface area contributed by atoms with Crippen LogP contribution in [0.5, 0.6) is 0 Å². The Morgan fingerprint density at radius 1 is 1.23 bits per heavy atom. The van der Waals surface area contributed by atoms with Crippen LogP contribution >= 0.6 is 0 Å². The zero-order valence-corrected chi connectivity index (χ0v) is 14.6. The zero-order valence-electron chi connectivity index (χ0n) is 14.6. The fourth-order valence-corrected chi connectivity index (χ4v) is 2.74. The van der Waals surface area contributed by atoms with Gasteiger partial charge in [-0.25, -0.2) is 0 Å². The van der Waals surface area contributed by atoms with E-state index >= 15 is 0 Å². The van der Waals surface area contributed by atoms with E-state index in [4.69, 9.17) is 14.2 Å². The molecule has 0 spiro atoms. The van der Waals surface area contributed by atoms with Gasteiger partial charge in [-0.05, 0) is 38.0 Å². The second-order valence-corrected chi connectivity index (χ2v) is 6.77. The normalized spacial score (nSPS) is 20.1. The molecule has 2 unspecified atom stereocenters. The lowest BCUT2D eigenvalue weighted by Gasteiger charge is -2.26. The van der Waals surface area contributed by atoms with E-state index in [0.29, 0.717) is 25.6 Å². The maximum absolute atomic E-state index is 11.7. The minimum atomic E-state index is -0.0730. The maximum atomic E-state index is 11.7. The van der Waals surface area contributed by atoms with Crippen molar-refractivity contribution < 1.29 is 19.0 Å². The summed E-state index contributed by atoms with van der Waals surface area (Å²) in [5, 5.41) is 0. The van der Waals surface area contributed by atoms with Crippen LogP contribution in [0.15, 0.2) is 0 Å². The molecule has 0 aromatic rings. The van der Waals surface area contributed by atoms with Gasteiger partial charge in [-0.1, -0.05) is 33.6 Å². The molecule has 130 valence electrons. The highest BCUT2D eigenvalue weighted by molar-refractivity contribution is 5.69.